The Morgan fingerprint density at radius 2 is 1.83 bits per heavy atom. The van der Waals surface area contributed by atoms with Gasteiger partial charge >= 0.3 is 0 Å². The minimum Gasteiger partial charge on any atom is -0.481 e. The van der Waals surface area contributed by atoms with Gasteiger partial charge in [0.05, 0.1) is 18.8 Å². The van der Waals surface area contributed by atoms with Crippen molar-refractivity contribution in [2.75, 3.05) is 18.4 Å². The highest BCUT2D eigenvalue weighted by Crippen LogP contribution is 2.35. The number of hydrogen-bond acceptors (Lipinski definition) is 11. The second-order valence-electron chi connectivity index (χ2n) is 9.71. The first kappa shape index (κ1) is 30.1. The van der Waals surface area contributed by atoms with Crippen molar-refractivity contribution >= 4 is 16.0 Å². The fourth-order valence-electron chi connectivity index (χ4n) is 4.56. The van der Waals surface area contributed by atoms with E-state index in [9.17, 15) is 8.42 Å². The van der Waals surface area contributed by atoms with Crippen molar-refractivity contribution in [1.82, 2.24) is 34.9 Å². The van der Waals surface area contributed by atoms with Gasteiger partial charge in [-0.3, -0.25) is 9.29 Å². The lowest BCUT2D eigenvalue weighted by Gasteiger charge is -2.25. The second kappa shape index (κ2) is 12.7. The number of aromatic nitrogens is 7. The van der Waals surface area contributed by atoms with E-state index in [1.807, 2.05) is 34.6 Å². The van der Waals surface area contributed by atoms with E-state index in [-0.39, 0.29) is 11.8 Å². The Kier molecular flexibility index (Phi) is 9.33. The van der Waals surface area contributed by atoms with Crippen molar-refractivity contribution in [2.24, 2.45) is 0 Å². The molecule has 0 unspecified atom stereocenters. The van der Waals surface area contributed by atoms with Crippen molar-refractivity contribution in [1.29, 1.82) is 0 Å². The Bertz CT molecular complexity index is 1550. The molecule has 41 heavy (non-hydrogen) atoms. The van der Waals surface area contributed by atoms with Crippen LogP contribution >= 0.6 is 0 Å². The fraction of sp³-hybridized carbons (Fsp3) is 0.481. The average Bonchev–Trinajstić information content (AvgIpc) is 3.52. The van der Waals surface area contributed by atoms with Gasteiger partial charge in [-0.05, 0) is 52.2 Å². The first-order valence-corrected chi connectivity index (χ1v) is 15.0. The van der Waals surface area contributed by atoms with Gasteiger partial charge in [-0.15, -0.1) is 10.2 Å². The lowest BCUT2D eigenvalue weighted by Crippen LogP contribution is -2.34. The van der Waals surface area contributed by atoms with Crippen LogP contribution in [-0.4, -0.2) is 62.3 Å². The third-order valence-corrected chi connectivity index (χ3v) is 8.38. The molecule has 4 aromatic rings. The number of anilines is 1. The molecule has 0 spiro atoms. The highest BCUT2D eigenvalue weighted by Gasteiger charge is 2.36. The van der Waals surface area contributed by atoms with Gasteiger partial charge in [0.1, 0.15) is 22.8 Å². The van der Waals surface area contributed by atoms with Crippen LogP contribution in [0, 0.1) is 20.8 Å². The highest BCUT2D eigenvalue weighted by atomic mass is 32.2. The zero-order chi connectivity index (χ0) is 29.7. The maximum Gasteiger partial charge on any atom is 0.240 e. The smallest absolute Gasteiger partial charge is 0.240 e. The van der Waals surface area contributed by atoms with Gasteiger partial charge in [-0.25, -0.2) is 23.4 Å². The molecule has 4 heterocycles. The predicted octanol–water partition coefficient (Wildman–Crippen LogP) is 4.35. The number of pyridine rings is 1. The second-order valence-corrected chi connectivity index (χ2v) is 11.7. The molecule has 0 fully saturated rings. The van der Waals surface area contributed by atoms with Crippen molar-refractivity contribution < 1.29 is 22.4 Å². The van der Waals surface area contributed by atoms with Gasteiger partial charge in [0.2, 0.25) is 21.9 Å². The summed E-state index contributed by atoms with van der Waals surface area (Å²) in [7, 11) is -2.58. The van der Waals surface area contributed by atoms with Gasteiger partial charge in [-0.1, -0.05) is 25.1 Å². The van der Waals surface area contributed by atoms with Gasteiger partial charge in [0, 0.05) is 30.6 Å². The van der Waals surface area contributed by atoms with Crippen LogP contribution in [0.25, 0.3) is 11.5 Å². The van der Waals surface area contributed by atoms with E-state index in [4.69, 9.17) is 14.0 Å². The first-order valence-electron chi connectivity index (χ1n) is 13.4. The number of nitrogens with zero attached hydrogens (tertiary/aromatic N) is 7. The van der Waals surface area contributed by atoms with Crippen LogP contribution < -0.4 is 9.46 Å². The van der Waals surface area contributed by atoms with Crippen molar-refractivity contribution in [2.45, 2.75) is 71.8 Å². The minimum absolute atomic E-state index is 0.0161. The van der Waals surface area contributed by atoms with Gasteiger partial charge in [-0.2, -0.15) is 0 Å². The predicted molar refractivity (Wildman–Crippen MR) is 152 cm³/mol. The summed E-state index contributed by atoms with van der Waals surface area (Å²) in [5.74, 6) is 1.64. The minimum atomic E-state index is -4.10. The summed E-state index contributed by atoms with van der Waals surface area (Å²) in [6.07, 6.45) is 3.62. The van der Waals surface area contributed by atoms with Gasteiger partial charge < -0.3 is 14.0 Å². The molecule has 0 aromatic carbocycles. The van der Waals surface area contributed by atoms with Crippen LogP contribution in [0.15, 0.2) is 35.1 Å². The maximum absolute atomic E-state index is 13.9. The van der Waals surface area contributed by atoms with Crippen LogP contribution in [0.1, 0.15) is 74.2 Å². The number of ether oxygens (including phenoxy) is 2. The Morgan fingerprint density at radius 1 is 1.10 bits per heavy atom. The number of rotatable bonds is 13. The average molecular weight is 585 g/mol. The summed E-state index contributed by atoms with van der Waals surface area (Å²) >= 11 is 0. The van der Waals surface area contributed by atoms with Crippen molar-refractivity contribution in [3.05, 3.63) is 59.0 Å². The van der Waals surface area contributed by atoms with Crippen molar-refractivity contribution in [3.8, 4) is 17.4 Å². The molecular formula is C27H36N8O5S. The molecule has 14 heteroatoms. The van der Waals surface area contributed by atoms with Crippen LogP contribution in [0.4, 0.5) is 5.95 Å². The zero-order valence-corrected chi connectivity index (χ0v) is 25.1. The standard InChI is InChI=1S/C27H36N8O5S/c1-8-13-39-24(25-28-14-16(3)15-29-25)19(6)41(36,37)34-27-32-31-26(20-11-10-12-22(30-20)38-7)35(27)21(9-2)23-17(4)33-40-18(23)5/h10-12,14-15,19,21,24H,8-9,13H2,1-7H3,(H,32,34)/t19-,21-,24+/m0/s1. The number of hydrogen-bond donors (Lipinski definition) is 1. The Labute approximate surface area is 239 Å². The summed E-state index contributed by atoms with van der Waals surface area (Å²) in [5.41, 5.74) is 2.80. The molecular weight excluding hydrogens is 548 g/mol. The number of sulfonamides is 1. The number of nitrogens with one attached hydrogen (secondary N) is 1. The molecule has 1 N–H and O–H groups in total. The van der Waals surface area contributed by atoms with Gasteiger partial charge in [0.25, 0.3) is 0 Å². The van der Waals surface area contributed by atoms with E-state index in [0.29, 0.717) is 48.3 Å². The molecule has 0 saturated heterocycles. The van der Waals surface area contributed by atoms with Crippen LogP contribution in [0.5, 0.6) is 5.88 Å². The van der Waals surface area contributed by atoms with Crippen LogP contribution in [-0.2, 0) is 14.8 Å². The monoisotopic (exact) mass is 584 g/mol. The summed E-state index contributed by atoms with van der Waals surface area (Å²) < 4.78 is 48.9. The van der Waals surface area contributed by atoms with Gasteiger partial charge in [0.15, 0.2) is 11.6 Å². The fourth-order valence-corrected chi connectivity index (χ4v) is 5.67. The van der Waals surface area contributed by atoms with Crippen molar-refractivity contribution in [3.63, 3.8) is 0 Å². The zero-order valence-electron chi connectivity index (χ0n) is 24.3. The topological polar surface area (TPSA) is 160 Å². The Balaban J connectivity index is 1.81. The van der Waals surface area contributed by atoms with Crippen LogP contribution in [0.2, 0.25) is 0 Å². The molecule has 4 rings (SSSR count). The molecule has 0 aliphatic rings. The van der Waals surface area contributed by atoms with E-state index in [0.717, 1.165) is 11.1 Å². The third-order valence-electron chi connectivity index (χ3n) is 6.68. The molecule has 0 aliphatic carbocycles. The largest absolute Gasteiger partial charge is 0.481 e. The normalized spacial score (nSPS) is 14.0. The SMILES string of the molecule is CCCO[C@@H](c1ncc(C)cn1)[C@H](C)S(=O)(=O)Nc1nnc(-c2cccc(OC)n2)n1[C@@H](CC)c1c(C)noc1C. The third kappa shape index (κ3) is 6.38. The number of methoxy groups -OCH3 is 1. The lowest BCUT2D eigenvalue weighted by molar-refractivity contribution is 0.0466. The van der Waals surface area contributed by atoms with E-state index < -0.39 is 27.4 Å². The molecule has 0 radical (unpaired) electrons. The molecule has 220 valence electrons. The summed E-state index contributed by atoms with van der Waals surface area (Å²) in [4.78, 5) is 13.2. The first-order chi connectivity index (χ1) is 19.6. The van der Waals surface area contributed by atoms with E-state index in [1.54, 1.807) is 42.1 Å². The molecule has 13 nitrogen and oxygen atoms in total. The van der Waals surface area contributed by atoms with Crippen LogP contribution in [0.3, 0.4) is 0 Å². The molecule has 0 amide bonds. The molecule has 0 aliphatic heterocycles. The summed E-state index contributed by atoms with van der Waals surface area (Å²) in [6.45, 7) is 11.3. The summed E-state index contributed by atoms with van der Waals surface area (Å²) in [5, 5.41) is 11.7. The quantitative estimate of drug-likeness (QED) is 0.238. The molecule has 0 bridgehead atoms. The lowest BCUT2D eigenvalue weighted by atomic mass is 10.0. The number of aryl methyl sites for hydroxylation is 3. The van der Waals surface area contributed by atoms with E-state index >= 15 is 0 Å². The Hall–Kier alpha value is -3.91. The van der Waals surface area contributed by atoms with E-state index in [2.05, 4.69) is 35.0 Å². The molecule has 3 atom stereocenters. The molecule has 0 saturated carbocycles. The molecule has 4 aromatic heterocycles. The van der Waals surface area contributed by atoms with E-state index in [1.165, 1.54) is 7.11 Å². The Morgan fingerprint density at radius 3 is 2.44 bits per heavy atom. The maximum atomic E-state index is 13.9. The summed E-state index contributed by atoms with van der Waals surface area (Å²) in [6, 6.07) is 4.83. The highest BCUT2D eigenvalue weighted by molar-refractivity contribution is 7.93.